The van der Waals surface area contributed by atoms with Gasteiger partial charge in [-0.3, -0.25) is 4.79 Å². The number of benzene rings is 1. The van der Waals surface area contributed by atoms with Crippen LogP contribution < -0.4 is 4.74 Å². The lowest BCUT2D eigenvalue weighted by atomic mass is 10.3. The molecule has 0 aliphatic rings. The monoisotopic (exact) mass is 281 g/mol. The van der Waals surface area contributed by atoms with Gasteiger partial charge >= 0.3 is 5.97 Å². The Morgan fingerprint density at radius 3 is 2.79 bits per heavy atom. The summed E-state index contributed by atoms with van der Waals surface area (Å²) in [6.07, 6.45) is 2.17. The maximum absolute atomic E-state index is 12.7. The summed E-state index contributed by atoms with van der Waals surface area (Å²) in [7, 11) is 0. The quantitative estimate of drug-likeness (QED) is 0.884. The Kier molecular flexibility index (Phi) is 4.46. The Hall–Kier alpha value is -1.95. The van der Waals surface area contributed by atoms with Crippen molar-refractivity contribution in [3.05, 3.63) is 46.2 Å². The van der Waals surface area contributed by atoms with E-state index in [9.17, 15) is 9.18 Å². The van der Waals surface area contributed by atoms with E-state index in [0.717, 1.165) is 9.88 Å². The lowest BCUT2D eigenvalue weighted by Gasteiger charge is -2.04. The summed E-state index contributed by atoms with van der Waals surface area (Å²) in [5, 5.41) is 9.48. The molecule has 6 heteroatoms. The number of carboxylic acids is 1. The minimum absolute atomic E-state index is 0.00349. The molecule has 1 aromatic heterocycles. The molecule has 0 aliphatic carbocycles. The third kappa shape index (κ3) is 4.33. The van der Waals surface area contributed by atoms with Crippen LogP contribution in [0.4, 0.5) is 4.39 Å². The van der Waals surface area contributed by atoms with Crippen molar-refractivity contribution in [3.8, 4) is 5.75 Å². The summed E-state index contributed by atoms with van der Waals surface area (Å²) < 4.78 is 18.1. The van der Waals surface area contributed by atoms with Crippen molar-refractivity contribution in [2.45, 2.75) is 12.8 Å². The van der Waals surface area contributed by atoms with Gasteiger partial charge in [-0.2, -0.15) is 0 Å². The van der Waals surface area contributed by atoms with Gasteiger partial charge in [0.1, 0.15) is 11.6 Å². The fourth-order valence-electron chi connectivity index (χ4n) is 1.48. The number of hydrogen-bond acceptors (Lipinski definition) is 4. The normalized spacial score (nSPS) is 10.4. The number of ether oxygens (including phenoxy) is 1. The third-order valence-corrected chi connectivity index (χ3v) is 3.38. The zero-order valence-corrected chi connectivity index (χ0v) is 10.8. The van der Waals surface area contributed by atoms with Crippen LogP contribution in [0.1, 0.15) is 9.88 Å². The first-order valence-corrected chi connectivity index (χ1v) is 6.49. The van der Waals surface area contributed by atoms with Gasteiger partial charge < -0.3 is 9.84 Å². The molecule has 0 aliphatic heterocycles. The summed E-state index contributed by atoms with van der Waals surface area (Å²) in [6.45, 7) is 0.422. The van der Waals surface area contributed by atoms with Crippen molar-refractivity contribution in [1.29, 1.82) is 0 Å². The third-order valence-electron chi connectivity index (χ3n) is 2.33. The molecule has 0 atom stereocenters. The SMILES string of the molecule is O=C(O)Cc1cnc(CCOc2ccc(F)cc2)s1. The van der Waals surface area contributed by atoms with E-state index in [2.05, 4.69) is 4.98 Å². The van der Waals surface area contributed by atoms with E-state index < -0.39 is 5.97 Å². The molecule has 0 saturated heterocycles. The van der Waals surface area contributed by atoms with Gasteiger partial charge in [0.25, 0.3) is 0 Å². The Bertz CT molecular complexity index is 553. The highest BCUT2D eigenvalue weighted by Crippen LogP contribution is 2.15. The molecule has 2 aromatic rings. The van der Waals surface area contributed by atoms with Crippen LogP contribution in [-0.2, 0) is 17.6 Å². The van der Waals surface area contributed by atoms with Crippen LogP contribution in [0.5, 0.6) is 5.75 Å². The van der Waals surface area contributed by atoms with Gasteiger partial charge in [-0.05, 0) is 24.3 Å². The Morgan fingerprint density at radius 1 is 1.37 bits per heavy atom. The van der Waals surface area contributed by atoms with Crippen LogP contribution >= 0.6 is 11.3 Å². The Morgan fingerprint density at radius 2 is 2.11 bits per heavy atom. The van der Waals surface area contributed by atoms with E-state index in [1.807, 2.05) is 0 Å². The summed E-state index contributed by atoms with van der Waals surface area (Å²) >= 11 is 1.37. The fraction of sp³-hybridized carbons (Fsp3) is 0.231. The molecule has 0 unspecified atom stereocenters. The van der Waals surface area contributed by atoms with E-state index in [4.69, 9.17) is 9.84 Å². The van der Waals surface area contributed by atoms with E-state index >= 15 is 0 Å². The fourth-order valence-corrected chi connectivity index (χ4v) is 2.38. The zero-order chi connectivity index (χ0) is 13.7. The number of nitrogens with zero attached hydrogens (tertiary/aromatic N) is 1. The number of halogens is 1. The van der Waals surface area contributed by atoms with Crippen LogP contribution in [0.3, 0.4) is 0 Å². The van der Waals surface area contributed by atoms with Crippen LogP contribution in [0.25, 0.3) is 0 Å². The molecule has 1 N–H and O–H groups in total. The molecular formula is C13H12FNO3S. The second-order valence-corrected chi connectivity index (χ2v) is 5.04. The predicted octanol–water partition coefficient (Wildman–Crippen LogP) is 2.53. The van der Waals surface area contributed by atoms with Gasteiger partial charge in [0, 0.05) is 17.5 Å². The lowest BCUT2D eigenvalue weighted by molar-refractivity contribution is -0.136. The summed E-state index contributed by atoms with van der Waals surface area (Å²) in [5.74, 6) is -0.563. The number of carbonyl (C=O) groups is 1. The first kappa shape index (κ1) is 13.5. The molecule has 0 fully saturated rings. The summed E-state index contributed by atoms with van der Waals surface area (Å²) in [5.41, 5.74) is 0. The van der Waals surface area contributed by atoms with Crippen molar-refractivity contribution in [1.82, 2.24) is 4.98 Å². The van der Waals surface area contributed by atoms with Gasteiger partial charge in [0.05, 0.1) is 18.0 Å². The maximum Gasteiger partial charge on any atom is 0.308 e. The predicted molar refractivity (Wildman–Crippen MR) is 69.1 cm³/mol. The molecule has 1 heterocycles. The second-order valence-electron chi connectivity index (χ2n) is 3.84. The van der Waals surface area contributed by atoms with Gasteiger partial charge in [-0.1, -0.05) is 0 Å². The number of rotatable bonds is 6. The highest BCUT2D eigenvalue weighted by molar-refractivity contribution is 7.11. The van der Waals surface area contributed by atoms with Crippen LogP contribution in [0, 0.1) is 5.82 Å². The van der Waals surface area contributed by atoms with E-state index in [1.54, 1.807) is 18.3 Å². The average Bonchev–Trinajstić information content (AvgIpc) is 2.78. The Balaban J connectivity index is 1.80. The van der Waals surface area contributed by atoms with Crippen molar-refractivity contribution in [2.75, 3.05) is 6.61 Å². The van der Waals surface area contributed by atoms with E-state index in [1.165, 1.54) is 23.5 Å². The highest BCUT2D eigenvalue weighted by atomic mass is 32.1. The highest BCUT2D eigenvalue weighted by Gasteiger charge is 2.06. The molecule has 100 valence electrons. The topological polar surface area (TPSA) is 59.4 Å². The standard InChI is InChI=1S/C13H12FNO3S/c14-9-1-3-10(4-2-9)18-6-5-12-15-8-11(19-12)7-13(16)17/h1-4,8H,5-7H2,(H,16,17). The van der Waals surface area contributed by atoms with Crippen molar-refractivity contribution < 1.29 is 19.0 Å². The molecule has 4 nitrogen and oxygen atoms in total. The minimum atomic E-state index is -0.863. The number of carboxylic acid groups (broad SMARTS) is 1. The molecule has 0 spiro atoms. The maximum atomic E-state index is 12.7. The minimum Gasteiger partial charge on any atom is -0.493 e. The molecule has 0 saturated carbocycles. The number of thiazole rings is 1. The van der Waals surface area contributed by atoms with Crippen molar-refractivity contribution in [2.24, 2.45) is 0 Å². The Labute approximate surface area is 113 Å². The molecular weight excluding hydrogens is 269 g/mol. The summed E-state index contributed by atoms with van der Waals surface area (Å²) in [6, 6.07) is 5.80. The first-order valence-electron chi connectivity index (χ1n) is 5.67. The van der Waals surface area contributed by atoms with Gasteiger partial charge in [-0.15, -0.1) is 11.3 Å². The molecule has 1 aromatic carbocycles. The number of hydrogen-bond donors (Lipinski definition) is 1. The second kappa shape index (κ2) is 6.29. The molecule has 2 rings (SSSR count). The molecule has 0 radical (unpaired) electrons. The van der Waals surface area contributed by atoms with E-state index in [0.29, 0.717) is 18.8 Å². The van der Waals surface area contributed by atoms with Gasteiger partial charge in [0.2, 0.25) is 0 Å². The lowest BCUT2D eigenvalue weighted by Crippen LogP contribution is -2.00. The average molecular weight is 281 g/mol. The zero-order valence-electron chi connectivity index (χ0n) is 10.0. The van der Waals surface area contributed by atoms with Crippen molar-refractivity contribution in [3.63, 3.8) is 0 Å². The first-order chi connectivity index (χ1) is 9.13. The summed E-state index contributed by atoms with van der Waals surface area (Å²) in [4.78, 5) is 15.4. The van der Waals surface area contributed by atoms with Crippen LogP contribution in [-0.4, -0.2) is 22.7 Å². The largest absolute Gasteiger partial charge is 0.493 e. The number of aliphatic carboxylic acids is 1. The van der Waals surface area contributed by atoms with Gasteiger partial charge in [-0.25, -0.2) is 9.37 Å². The van der Waals surface area contributed by atoms with Crippen LogP contribution in [0.15, 0.2) is 30.5 Å². The molecule has 0 bridgehead atoms. The number of aromatic nitrogens is 1. The van der Waals surface area contributed by atoms with Crippen molar-refractivity contribution >= 4 is 17.3 Å². The van der Waals surface area contributed by atoms with Gasteiger partial charge in [0.15, 0.2) is 0 Å². The van der Waals surface area contributed by atoms with E-state index in [-0.39, 0.29) is 12.2 Å². The molecule has 19 heavy (non-hydrogen) atoms. The van der Waals surface area contributed by atoms with Crippen LogP contribution in [0.2, 0.25) is 0 Å². The molecule has 0 amide bonds. The smallest absolute Gasteiger partial charge is 0.308 e.